The minimum Gasteiger partial charge on any atom is -0.384 e. The molecule has 122 valence electrons. The molecule has 3 rings (SSSR count). The molecule has 0 bridgehead atoms. The third-order valence-corrected chi connectivity index (χ3v) is 3.56. The zero-order valence-electron chi connectivity index (χ0n) is 13.9. The van der Waals surface area contributed by atoms with Crippen LogP contribution >= 0.6 is 11.6 Å². The van der Waals surface area contributed by atoms with E-state index in [0.29, 0.717) is 10.9 Å². The first-order valence-corrected chi connectivity index (χ1v) is 8.35. The fraction of sp³-hybridized carbons (Fsp3) is 0.0952. The van der Waals surface area contributed by atoms with Crippen molar-refractivity contribution in [1.29, 1.82) is 0 Å². The molecule has 0 saturated heterocycles. The van der Waals surface area contributed by atoms with Crippen LogP contribution in [-0.4, -0.2) is 5.84 Å². The molecule has 3 aromatic rings. The van der Waals surface area contributed by atoms with Crippen molar-refractivity contribution in [2.75, 3.05) is 0 Å². The van der Waals surface area contributed by atoms with E-state index < -0.39 is 0 Å². The average molecular weight is 337 g/mol. The van der Waals surface area contributed by atoms with Crippen molar-refractivity contribution >= 4 is 40.0 Å². The van der Waals surface area contributed by atoms with Crippen LogP contribution in [-0.2, 0) is 0 Å². The monoisotopic (exact) mass is 336 g/mol. The Morgan fingerprint density at radius 1 is 0.917 bits per heavy atom. The van der Waals surface area contributed by atoms with E-state index in [-0.39, 0.29) is 0 Å². The molecule has 0 aliphatic carbocycles. The number of hydrogen-bond donors (Lipinski definition) is 1. The number of amidine groups is 1. The van der Waals surface area contributed by atoms with Gasteiger partial charge in [0.05, 0.1) is 5.69 Å². The summed E-state index contributed by atoms with van der Waals surface area (Å²) < 4.78 is 0. The highest BCUT2D eigenvalue weighted by molar-refractivity contribution is 6.30. The van der Waals surface area contributed by atoms with Crippen molar-refractivity contribution in [2.24, 2.45) is 10.7 Å². The van der Waals surface area contributed by atoms with E-state index in [0.717, 1.165) is 11.3 Å². The number of rotatable bonds is 3. The molecule has 0 aliphatic rings. The summed E-state index contributed by atoms with van der Waals surface area (Å²) in [5.74, 6) is 0.454. The van der Waals surface area contributed by atoms with E-state index in [9.17, 15) is 0 Å². The van der Waals surface area contributed by atoms with E-state index in [2.05, 4.69) is 35.3 Å². The van der Waals surface area contributed by atoms with Gasteiger partial charge in [0.2, 0.25) is 0 Å². The lowest BCUT2D eigenvalue weighted by atomic mass is 10.1. The van der Waals surface area contributed by atoms with Crippen LogP contribution in [0, 0.1) is 0 Å². The Balaban J connectivity index is 0.00000100. The predicted molar refractivity (Wildman–Crippen MR) is 107 cm³/mol. The Kier molecular flexibility index (Phi) is 6.59. The Hall–Kier alpha value is -2.58. The second-order valence-corrected chi connectivity index (χ2v) is 5.39. The summed E-state index contributed by atoms with van der Waals surface area (Å²) in [6.45, 7) is 4.00. The maximum atomic E-state index is 5.93. The summed E-state index contributed by atoms with van der Waals surface area (Å²) >= 11 is 5.84. The molecule has 0 radical (unpaired) electrons. The largest absolute Gasteiger partial charge is 0.384 e. The quantitative estimate of drug-likeness (QED) is 0.447. The van der Waals surface area contributed by atoms with E-state index >= 15 is 0 Å². The fourth-order valence-electron chi connectivity index (χ4n) is 2.20. The molecule has 0 aromatic heterocycles. The minimum atomic E-state index is 0.454. The highest BCUT2D eigenvalue weighted by atomic mass is 35.5. The van der Waals surface area contributed by atoms with Crippen LogP contribution < -0.4 is 5.73 Å². The Morgan fingerprint density at radius 3 is 2.29 bits per heavy atom. The van der Waals surface area contributed by atoms with E-state index in [1.54, 1.807) is 18.2 Å². The summed E-state index contributed by atoms with van der Waals surface area (Å²) in [5.41, 5.74) is 7.81. The van der Waals surface area contributed by atoms with Gasteiger partial charge < -0.3 is 5.73 Å². The molecule has 0 unspecified atom stereocenters. The van der Waals surface area contributed by atoms with E-state index in [1.165, 1.54) is 10.8 Å². The van der Waals surface area contributed by atoms with Crippen molar-refractivity contribution in [3.63, 3.8) is 0 Å². The molecule has 0 atom stereocenters. The summed E-state index contributed by atoms with van der Waals surface area (Å²) in [6.07, 6.45) is 3.76. The predicted octanol–water partition coefficient (Wildman–Crippen LogP) is 6.22. The lowest BCUT2D eigenvalue weighted by Crippen LogP contribution is -2.06. The molecule has 3 heteroatoms. The van der Waals surface area contributed by atoms with Gasteiger partial charge in [0, 0.05) is 5.02 Å². The highest BCUT2D eigenvalue weighted by Crippen LogP contribution is 2.18. The first-order chi connectivity index (χ1) is 11.7. The second kappa shape index (κ2) is 8.90. The highest BCUT2D eigenvalue weighted by Gasteiger charge is 1.94. The number of hydrogen-bond acceptors (Lipinski definition) is 1. The second-order valence-electron chi connectivity index (χ2n) is 4.95. The van der Waals surface area contributed by atoms with Crippen LogP contribution in [0.1, 0.15) is 19.4 Å². The van der Waals surface area contributed by atoms with Gasteiger partial charge in [-0.25, -0.2) is 4.99 Å². The average Bonchev–Trinajstić information content (AvgIpc) is 2.63. The van der Waals surface area contributed by atoms with Gasteiger partial charge in [-0.2, -0.15) is 0 Å². The van der Waals surface area contributed by atoms with Crippen molar-refractivity contribution < 1.29 is 0 Å². The SMILES string of the molecule is CC.NC(/C=C/c1ccc2ccccc2c1)=Nc1ccc(Cl)cc1. The third kappa shape index (κ3) is 4.97. The zero-order chi connectivity index (χ0) is 17.4. The van der Waals surface area contributed by atoms with Crippen LogP contribution in [0.3, 0.4) is 0 Å². The van der Waals surface area contributed by atoms with Crippen LogP contribution in [0.5, 0.6) is 0 Å². The van der Waals surface area contributed by atoms with Gasteiger partial charge in [-0.15, -0.1) is 0 Å². The van der Waals surface area contributed by atoms with E-state index in [1.807, 2.05) is 44.2 Å². The fourth-order valence-corrected chi connectivity index (χ4v) is 2.32. The Labute approximate surface area is 148 Å². The Morgan fingerprint density at radius 2 is 1.58 bits per heavy atom. The molecule has 0 fully saturated rings. The number of halogens is 1. The van der Waals surface area contributed by atoms with E-state index in [4.69, 9.17) is 17.3 Å². The van der Waals surface area contributed by atoms with Crippen LogP contribution in [0.25, 0.3) is 16.8 Å². The van der Waals surface area contributed by atoms with Gasteiger partial charge >= 0.3 is 0 Å². The molecule has 3 aromatic carbocycles. The van der Waals surface area contributed by atoms with Crippen molar-refractivity contribution in [1.82, 2.24) is 0 Å². The molecule has 2 nitrogen and oxygen atoms in total. The van der Waals surface area contributed by atoms with Gasteiger partial charge in [0.25, 0.3) is 0 Å². The topological polar surface area (TPSA) is 38.4 Å². The normalized spacial score (nSPS) is 11.4. The first-order valence-electron chi connectivity index (χ1n) is 7.97. The van der Waals surface area contributed by atoms with Crippen molar-refractivity contribution in [2.45, 2.75) is 13.8 Å². The lowest BCUT2D eigenvalue weighted by Gasteiger charge is -1.99. The molecule has 0 heterocycles. The molecule has 2 N–H and O–H groups in total. The van der Waals surface area contributed by atoms with Gasteiger partial charge in [-0.1, -0.05) is 67.9 Å². The summed E-state index contributed by atoms with van der Waals surface area (Å²) in [5, 5.41) is 3.12. The summed E-state index contributed by atoms with van der Waals surface area (Å²) in [4.78, 5) is 4.33. The molecule has 0 spiro atoms. The number of nitrogens with two attached hydrogens (primary N) is 1. The number of nitrogens with zero attached hydrogens (tertiary/aromatic N) is 1. The maximum absolute atomic E-state index is 5.93. The lowest BCUT2D eigenvalue weighted by molar-refractivity contribution is 1.48. The molecular weight excluding hydrogens is 316 g/mol. The molecule has 0 saturated carbocycles. The summed E-state index contributed by atoms with van der Waals surface area (Å²) in [6, 6.07) is 21.8. The van der Waals surface area contributed by atoms with Gasteiger partial charge in [0.15, 0.2) is 0 Å². The van der Waals surface area contributed by atoms with Crippen molar-refractivity contribution in [3.8, 4) is 0 Å². The molecule has 24 heavy (non-hydrogen) atoms. The van der Waals surface area contributed by atoms with Gasteiger partial charge in [0.1, 0.15) is 5.84 Å². The summed E-state index contributed by atoms with van der Waals surface area (Å²) in [7, 11) is 0. The van der Waals surface area contributed by atoms with Crippen molar-refractivity contribution in [3.05, 3.63) is 83.4 Å². The smallest absolute Gasteiger partial charge is 0.124 e. The standard InChI is InChI=1S/C19H15ClN2.C2H6/c20-17-8-10-18(11-9-17)22-19(21)12-6-14-5-7-15-3-1-2-4-16(15)13-14;1-2/h1-13H,(H2,21,22);1-2H3/b12-6+;. The molecular formula is C21H21ClN2. The van der Waals surface area contributed by atoms with Gasteiger partial charge in [-0.3, -0.25) is 0 Å². The zero-order valence-corrected chi connectivity index (χ0v) is 14.7. The van der Waals surface area contributed by atoms with Crippen LogP contribution in [0.2, 0.25) is 5.02 Å². The molecule has 0 aliphatic heterocycles. The number of benzene rings is 3. The van der Waals surface area contributed by atoms with Crippen LogP contribution in [0.15, 0.2) is 77.8 Å². The minimum absolute atomic E-state index is 0.454. The van der Waals surface area contributed by atoms with Gasteiger partial charge in [-0.05, 0) is 52.7 Å². The van der Waals surface area contributed by atoms with Crippen LogP contribution in [0.4, 0.5) is 5.69 Å². The number of fused-ring (bicyclic) bond motifs is 1. The maximum Gasteiger partial charge on any atom is 0.124 e. The number of aliphatic imine (C=N–C) groups is 1. The third-order valence-electron chi connectivity index (χ3n) is 3.30. The molecule has 0 amide bonds. The first kappa shape index (κ1) is 17.8. The Bertz CT molecular complexity index is 849.